The van der Waals surface area contributed by atoms with E-state index < -0.39 is 11.6 Å². The molecule has 2 atom stereocenters. The minimum Gasteiger partial charge on any atom is -0.393 e. The molecule has 0 aromatic heterocycles. The van der Waals surface area contributed by atoms with Gasteiger partial charge in [-0.05, 0) is 25.8 Å². The maximum absolute atomic E-state index is 11.9. The maximum atomic E-state index is 11.9. The molecule has 0 heterocycles. The normalized spacial score (nSPS) is 16.0. The van der Waals surface area contributed by atoms with Crippen LogP contribution in [0.4, 0.5) is 0 Å². The van der Waals surface area contributed by atoms with Crippen LogP contribution in [0.2, 0.25) is 0 Å². The van der Waals surface area contributed by atoms with Crippen LogP contribution in [0.3, 0.4) is 0 Å². The van der Waals surface area contributed by atoms with E-state index in [4.69, 9.17) is 10.8 Å². The predicted octanol–water partition coefficient (Wildman–Crippen LogP) is 0.748. The van der Waals surface area contributed by atoms with Gasteiger partial charge in [-0.1, -0.05) is 30.3 Å². The van der Waals surface area contributed by atoms with Crippen LogP contribution < -0.4 is 11.1 Å². The molecule has 94 valence electrons. The van der Waals surface area contributed by atoms with Crippen molar-refractivity contribution in [1.29, 1.82) is 0 Å². The summed E-state index contributed by atoms with van der Waals surface area (Å²) < 4.78 is 0. The quantitative estimate of drug-likeness (QED) is 0.706. The molecule has 2 unspecified atom stereocenters. The first-order valence-corrected chi connectivity index (χ1v) is 5.75. The number of benzene rings is 1. The predicted molar refractivity (Wildman–Crippen MR) is 67.3 cm³/mol. The summed E-state index contributed by atoms with van der Waals surface area (Å²) in [5.74, 6) is -0.232. The average molecular weight is 236 g/mol. The zero-order valence-electron chi connectivity index (χ0n) is 10.3. The summed E-state index contributed by atoms with van der Waals surface area (Å²) in [6, 6.07) is 9.24. The van der Waals surface area contributed by atoms with Crippen molar-refractivity contribution >= 4 is 5.91 Å². The van der Waals surface area contributed by atoms with Crippen LogP contribution in [0, 0.1) is 0 Å². The van der Waals surface area contributed by atoms with Crippen molar-refractivity contribution in [3.8, 4) is 0 Å². The Morgan fingerprint density at radius 2 is 2.06 bits per heavy atom. The minimum absolute atomic E-state index is 0.232. The van der Waals surface area contributed by atoms with Crippen molar-refractivity contribution in [2.24, 2.45) is 5.73 Å². The molecule has 4 N–H and O–H groups in total. The largest absolute Gasteiger partial charge is 0.393 e. The van der Waals surface area contributed by atoms with Crippen LogP contribution in [-0.2, 0) is 10.3 Å². The number of hydrogen-bond donors (Lipinski definition) is 3. The fourth-order valence-electron chi connectivity index (χ4n) is 1.49. The van der Waals surface area contributed by atoms with E-state index >= 15 is 0 Å². The third kappa shape index (κ3) is 3.84. The monoisotopic (exact) mass is 236 g/mol. The number of aliphatic hydroxyl groups excluding tert-OH is 1. The van der Waals surface area contributed by atoms with Gasteiger partial charge in [0.05, 0.1) is 6.10 Å². The molecule has 1 rings (SSSR count). The summed E-state index contributed by atoms with van der Waals surface area (Å²) in [7, 11) is 0. The zero-order valence-corrected chi connectivity index (χ0v) is 10.3. The minimum atomic E-state index is -1.04. The van der Waals surface area contributed by atoms with Crippen molar-refractivity contribution in [2.45, 2.75) is 31.9 Å². The van der Waals surface area contributed by atoms with E-state index in [9.17, 15) is 4.79 Å². The highest BCUT2D eigenvalue weighted by Gasteiger charge is 2.29. The fourth-order valence-corrected chi connectivity index (χ4v) is 1.49. The van der Waals surface area contributed by atoms with Gasteiger partial charge in [0.1, 0.15) is 5.54 Å². The summed E-state index contributed by atoms with van der Waals surface area (Å²) in [6.45, 7) is 3.79. The topological polar surface area (TPSA) is 75.3 Å². The highest BCUT2D eigenvalue weighted by atomic mass is 16.3. The van der Waals surface area contributed by atoms with E-state index in [1.54, 1.807) is 13.8 Å². The van der Waals surface area contributed by atoms with Gasteiger partial charge in [-0.25, -0.2) is 0 Å². The Kier molecular flexibility index (Phi) is 4.66. The van der Waals surface area contributed by atoms with Crippen molar-refractivity contribution in [3.63, 3.8) is 0 Å². The second-order valence-corrected chi connectivity index (χ2v) is 4.46. The number of rotatable bonds is 5. The smallest absolute Gasteiger partial charge is 0.244 e. The molecule has 0 aliphatic heterocycles. The van der Waals surface area contributed by atoms with Gasteiger partial charge in [-0.2, -0.15) is 0 Å². The molecule has 4 nitrogen and oxygen atoms in total. The summed E-state index contributed by atoms with van der Waals surface area (Å²) in [4.78, 5) is 11.9. The van der Waals surface area contributed by atoms with Crippen LogP contribution in [0.25, 0.3) is 0 Å². The third-order valence-electron chi connectivity index (χ3n) is 2.69. The first-order valence-electron chi connectivity index (χ1n) is 5.75. The van der Waals surface area contributed by atoms with Crippen molar-refractivity contribution < 1.29 is 9.90 Å². The first kappa shape index (κ1) is 13.7. The number of carbonyl (C=O) groups excluding carboxylic acids is 1. The summed E-state index contributed by atoms with van der Waals surface area (Å²) >= 11 is 0. The molecular weight excluding hydrogens is 216 g/mol. The van der Waals surface area contributed by atoms with Crippen LogP contribution >= 0.6 is 0 Å². The van der Waals surface area contributed by atoms with E-state index in [0.29, 0.717) is 13.0 Å². The van der Waals surface area contributed by atoms with E-state index in [-0.39, 0.29) is 5.91 Å². The molecule has 0 saturated heterocycles. The van der Waals surface area contributed by atoms with Gasteiger partial charge in [0.2, 0.25) is 5.91 Å². The number of carbonyl (C=O) groups is 1. The van der Waals surface area contributed by atoms with Crippen LogP contribution in [0.1, 0.15) is 25.8 Å². The second-order valence-electron chi connectivity index (χ2n) is 4.46. The highest BCUT2D eigenvalue weighted by molar-refractivity contribution is 5.86. The van der Waals surface area contributed by atoms with Gasteiger partial charge in [0.15, 0.2) is 0 Å². The zero-order chi connectivity index (χ0) is 12.9. The number of aliphatic hydroxyl groups is 1. The molecule has 1 aromatic carbocycles. The molecule has 17 heavy (non-hydrogen) atoms. The molecule has 0 fully saturated rings. The van der Waals surface area contributed by atoms with Crippen molar-refractivity contribution in [1.82, 2.24) is 5.32 Å². The number of amides is 1. The Hall–Kier alpha value is -1.39. The maximum Gasteiger partial charge on any atom is 0.244 e. The Balaban J connectivity index is 2.61. The molecule has 1 amide bonds. The third-order valence-corrected chi connectivity index (χ3v) is 2.69. The lowest BCUT2D eigenvalue weighted by Crippen LogP contribution is -2.49. The molecule has 0 spiro atoms. The lowest BCUT2D eigenvalue weighted by molar-refractivity contribution is -0.126. The van der Waals surface area contributed by atoms with E-state index in [1.807, 2.05) is 30.3 Å². The number of nitrogens with two attached hydrogens (primary N) is 1. The molecule has 1 aromatic rings. The summed E-state index contributed by atoms with van der Waals surface area (Å²) in [5.41, 5.74) is 5.75. The Morgan fingerprint density at radius 3 is 2.59 bits per heavy atom. The van der Waals surface area contributed by atoms with Gasteiger partial charge in [-0.15, -0.1) is 0 Å². The molecule has 0 aliphatic rings. The van der Waals surface area contributed by atoms with E-state index in [2.05, 4.69) is 5.32 Å². The van der Waals surface area contributed by atoms with Gasteiger partial charge in [-0.3, -0.25) is 4.79 Å². The molecule has 0 aliphatic carbocycles. The molecule has 0 radical (unpaired) electrons. The summed E-state index contributed by atoms with van der Waals surface area (Å²) in [5, 5.41) is 11.8. The fraction of sp³-hybridized carbons (Fsp3) is 0.462. The Labute approximate surface area is 102 Å². The van der Waals surface area contributed by atoms with Crippen LogP contribution in [0.15, 0.2) is 30.3 Å². The lowest BCUT2D eigenvalue weighted by atomic mass is 9.92. The molecule has 0 bridgehead atoms. The average Bonchev–Trinajstić information content (AvgIpc) is 2.29. The van der Waals surface area contributed by atoms with E-state index in [0.717, 1.165) is 5.56 Å². The van der Waals surface area contributed by atoms with Crippen molar-refractivity contribution in [2.75, 3.05) is 6.54 Å². The van der Waals surface area contributed by atoms with Gasteiger partial charge < -0.3 is 16.2 Å². The van der Waals surface area contributed by atoms with Gasteiger partial charge in [0.25, 0.3) is 0 Å². The van der Waals surface area contributed by atoms with E-state index in [1.165, 1.54) is 0 Å². The Morgan fingerprint density at radius 1 is 1.47 bits per heavy atom. The molecule has 4 heteroatoms. The Bertz CT molecular complexity index is 361. The lowest BCUT2D eigenvalue weighted by Gasteiger charge is -2.24. The van der Waals surface area contributed by atoms with Crippen molar-refractivity contribution in [3.05, 3.63) is 35.9 Å². The first-order chi connectivity index (χ1) is 7.94. The molecular formula is C13H20N2O2. The van der Waals surface area contributed by atoms with Gasteiger partial charge in [0, 0.05) is 6.54 Å². The second kappa shape index (κ2) is 5.80. The summed E-state index contributed by atoms with van der Waals surface area (Å²) in [6.07, 6.45) is 0.104. The molecule has 0 saturated carbocycles. The van der Waals surface area contributed by atoms with Gasteiger partial charge >= 0.3 is 0 Å². The number of hydrogen-bond acceptors (Lipinski definition) is 3. The highest BCUT2D eigenvalue weighted by Crippen LogP contribution is 2.17. The number of nitrogens with one attached hydrogen (secondary N) is 1. The standard InChI is InChI=1S/C13H20N2O2/c1-10(16)8-9-15-12(17)13(2,14)11-6-4-3-5-7-11/h3-7,10,16H,8-9,14H2,1-2H3,(H,15,17). The van der Waals surface area contributed by atoms with Crippen LogP contribution in [0.5, 0.6) is 0 Å². The SMILES string of the molecule is CC(O)CCNC(=O)C(C)(N)c1ccccc1. The van der Waals surface area contributed by atoms with Crippen LogP contribution in [-0.4, -0.2) is 23.7 Å².